The molecule has 0 unspecified atom stereocenters. The number of urea groups is 1. The molecule has 2 saturated carbocycles. The van der Waals surface area contributed by atoms with Gasteiger partial charge >= 0.3 is 6.03 Å². The first-order chi connectivity index (χ1) is 10.8. The van der Waals surface area contributed by atoms with Crippen molar-refractivity contribution < 1.29 is 9.53 Å². The first-order valence-corrected chi connectivity index (χ1v) is 8.49. The van der Waals surface area contributed by atoms with E-state index in [1.165, 1.54) is 25.7 Å². The van der Waals surface area contributed by atoms with Crippen LogP contribution >= 0.6 is 0 Å². The van der Waals surface area contributed by atoms with Gasteiger partial charge in [-0.2, -0.15) is 5.10 Å². The van der Waals surface area contributed by atoms with E-state index in [-0.39, 0.29) is 12.1 Å². The monoisotopic (exact) mass is 304 g/mol. The highest BCUT2D eigenvalue weighted by Crippen LogP contribution is 2.44. The summed E-state index contributed by atoms with van der Waals surface area (Å²) in [7, 11) is 0. The first-order valence-electron chi connectivity index (χ1n) is 8.49. The van der Waals surface area contributed by atoms with E-state index in [0.29, 0.717) is 17.9 Å². The number of amides is 2. The Hall–Kier alpha value is -1.56. The van der Waals surface area contributed by atoms with Gasteiger partial charge in [-0.1, -0.05) is 0 Å². The molecular formula is C16H24N4O2. The number of anilines is 1. The van der Waals surface area contributed by atoms with Crippen LogP contribution in [0.4, 0.5) is 10.5 Å². The van der Waals surface area contributed by atoms with Crippen LogP contribution in [-0.2, 0) is 11.3 Å². The van der Waals surface area contributed by atoms with E-state index < -0.39 is 0 Å². The molecule has 1 saturated heterocycles. The van der Waals surface area contributed by atoms with Crippen molar-refractivity contribution in [2.45, 2.75) is 57.2 Å². The number of hydrogen-bond acceptors (Lipinski definition) is 3. The molecule has 0 spiro atoms. The Balaban J connectivity index is 1.28. The summed E-state index contributed by atoms with van der Waals surface area (Å²) in [5.74, 6) is 1.42. The minimum Gasteiger partial charge on any atom is -0.376 e. The van der Waals surface area contributed by atoms with E-state index in [1.807, 2.05) is 10.9 Å². The van der Waals surface area contributed by atoms with Crippen molar-refractivity contribution in [2.75, 3.05) is 11.9 Å². The average Bonchev–Trinajstić information content (AvgIpc) is 3.42. The van der Waals surface area contributed by atoms with Crippen LogP contribution in [-0.4, -0.2) is 34.6 Å². The zero-order chi connectivity index (χ0) is 14.9. The van der Waals surface area contributed by atoms with Crippen LogP contribution in [0.15, 0.2) is 12.4 Å². The van der Waals surface area contributed by atoms with Crippen molar-refractivity contribution in [3.63, 3.8) is 0 Å². The van der Waals surface area contributed by atoms with Crippen LogP contribution in [0.5, 0.6) is 0 Å². The number of carbonyl (C=O) groups is 1. The Labute approximate surface area is 130 Å². The number of carbonyl (C=O) groups excluding carboxylic acids is 1. The Morgan fingerprint density at radius 3 is 2.73 bits per heavy atom. The SMILES string of the molecule is O=C(Nc1cnn(C[C@@H]2CCCO2)c1)NC(C1CC1)C1CC1. The van der Waals surface area contributed by atoms with Crippen LogP contribution in [0.2, 0.25) is 0 Å². The summed E-state index contributed by atoms with van der Waals surface area (Å²) in [6, 6.07) is 0.280. The molecule has 1 atom stereocenters. The maximum atomic E-state index is 12.2. The molecular weight excluding hydrogens is 280 g/mol. The molecule has 6 heteroatoms. The summed E-state index contributed by atoms with van der Waals surface area (Å²) in [4.78, 5) is 12.2. The van der Waals surface area contributed by atoms with E-state index in [9.17, 15) is 4.79 Å². The minimum absolute atomic E-state index is 0.0968. The fourth-order valence-electron chi connectivity index (χ4n) is 3.37. The number of nitrogens with one attached hydrogen (secondary N) is 2. The van der Waals surface area contributed by atoms with Crippen molar-refractivity contribution in [3.05, 3.63) is 12.4 Å². The first kappa shape index (κ1) is 14.1. The predicted octanol–water partition coefficient (Wildman–Crippen LogP) is 2.37. The highest BCUT2D eigenvalue weighted by atomic mass is 16.5. The van der Waals surface area contributed by atoms with Crippen LogP contribution < -0.4 is 10.6 Å². The van der Waals surface area contributed by atoms with Gasteiger partial charge < -0.3 is 15.4 Å². The Kier molecular flexibility index (Phi) is 3.78. The zero-order valence-electron chi connectivity index (χ0n) is 12.8. The van der Waals surface area contributed by atoms with Gasteiger partial charge in [0.15, 0.2) is 0 Å². The van der Waals surface area contributed by atoms with Gasteiger partial charge in [0.25, 0.3) is 0 Å². The summed E-state index contributed by atoms with van der Waals surface area (Å²) in [5.41, 5.74) is 0.751. The van der Waals surface area contributed by atoms with E-state index in [0.717, 1.165) is 31.7 Å². The molecule has 1 aromatic rings. The quantitative estimate of drug-likeness (QED) is 0.848. The molecule has 1 aromatic heterocycles. The molecule has 0 bridgehead atoms. The highest BCUT2D eigenvalue weighted by Gasteiger charge is 2.42. The molecule has 22 heavy (non-hydrogen) atoms. The largest absolute Gasteiger partial charge is 0.376 e. The average molecular weight is 304 g/mol. The number of ether oxygens (including phenoxy) is 1. The van der Waals surface area contributed by atoms with E-state index in [1.54, 1.807) is 6.20 Å². The summed E-state index contributed by atoms with van der Waals surface area (Å²) in [5, 5.41) is 10.4. The third kappa shape index (κ3) is 3.43. The molecule has 0 aromatic carbocycles. The fraction of sp³-hybridized carbons (Fsp3) is 0.750. The van der Waals surface area contributed by atoms with Gasteiger partial charge in [-0.3, -0.25) is 4.68 Å². The summed E-state index contributed by atoms with van der Waals surface area (Å²) in [6.07, 6.45) is 11.1. The predicted molar refractivity (Wildman–Crippen MR) is 82.6 cm³/mol. The van der Waals surface area contributed by atoms with Gasteiger partial charge in [-0.25, -0.2) is 4.79 Å². The van der Waals surface area contributed by atoms with Gasteiger partial charge in [-0.15, -0.1) is 0 Å². The van der Waals surface area contributed by atoms with Crippen molar-refractivity contribution in [1.29, 1.82) is 0 Å². The van der Waals surface area contributed by atoms with E-state index in [2.05, 4.69) is 15.7 Å². The molecule has 6 nitrogen and oxygen atoms in total. The Bertz CT molecular complexity index is 518. The number of aromatic nitrogens is 2. The van der Waals surface area contributed by atoms with Gasteiger partial charge in [-0.05, 0) is 50.4 Å². The molecule has 2 amide bonds. The molecule has 1 aliphatic heterocycles. The fourth-order valence-corrected chi connectivity index (χ4v) is 3.37. The standard InChI is InChI=1S/C16H24N4O2/c21-16(19-15(11-3-4-11)12-5-6-12)18-13-8-17-20(9-13)10-14-2-1-7-22-14/h8-9,11-12,14-15H,1-7,10H2,(H2,18,19,21)/t14-/m0/s1. The number of rotatable bonds is 6. The van der Waals surface area contributed by atoms with Crippen molar-refractivity contribution in [1.82, 2.24) is 15.1 Å². The Morgan fingerprint density at radius 2 is 2.09 bits per heavy atom. The molecule has 2 N–H and O–H groups in total. The molecule has 3 aliphatic rings. The third-order valence-corrected chi connectivity index (χ3v) is 4.86. The van der Waals surface area contributed by atoms with Crippen LogP contribution in [0.3, 0.4) is 0 Å². The van der Waals surface area contributed by atoms with Gasteiger partial charge in [0.05, 0.1) is 24.5 Å². The highest BCUT2D eigenvalue weighted by molar-refractivity contribution is 5.89. The normalized spacial score (nSPS) is 24.7. The van der Waals surface area contributed by atoms with E-state index in [4.69, 9.17) is 4.74 Å². The van der Waals surface area contributed by atoms with E-state index >= 15 is 0 Å². The number of hydrogen-bond donors (Lipinski definition) is 2. The second kappa shape index (κ2) is 5.91. The molecule has 0 radical (unpaired) electrons. The summed E-state index contributed by atoms with van der Waals surface area (Å²) < 4.78 is 7.46. The molecule has 2 heterocycles. The zero-order valence-corrected chi connectivity index (χ0v) is 12.8. The van der Waals surface area contributed by atoms with Gasteiger partial charge in [0.1, 0.15) is 0 Å². The summed E-state index contributed by atoms with van der Waals surface area (Å²) in [6.45, 7) is 1.61. The van der Waals surface area contributed by atoms with Crippen LogP contribution in [0, 0.1) is 11.8 Å². The molecule has 4 rings (SSSR count). The second-order valence-electron chi connectivity index (χ2n) is 6.89. The second-order valence-corrected chi connectivity index (χ2v) is 6.89. The summed E-state index contributed by atoms with van der Waals surface area (Å²) >= 11 is 0. The molecule has 2 aliphatic carbocycles. The maximum Gasteiger partial charge on any atom is 0.319 e. The topological polar surface area (TPSA) is 68.2 Å². The van der Waals surface area contributed by atoms with Gasteiger partial charge in [0.2, 0.25) is 0 Å². The van der Waals surface area contributed by atoms with Crippen molar-refractivity contribution in [3.8, 4) is 0 Å². The lowest BCUT2D eigenvalue weighted by atomic mass is 10.1. The minimum atomic E-state index is -0.0968. The number of nitrogens with zero attached hydrogens (tertiary/aromatic N) is 2. The molecule has 3 fully saturated rings. The van der Waals surface area contributed by atoms with Crippen LogP contribution in [0.1, 0.15) is 38.5 Å². The van der Waals surface area contributed by atoms with Crippen molar-refractivity contribution >= 4 is 11.7 Å². The lowest BCUT2D eigenvalue weighted by molar-refractivity contribution is 0.0940. The smallest absolute Gasteiger partial charge is 0.319 e. The Morgan fingerprint density at radius 1 is 1.32 bits per heavy atom. The van der Waals surface area contributed by atoms with Crippen molar-refractivity contribution in [2.24, 2.45) is 11.8 Å². The van der Waals surface area contributed by atoms with Crippen LogP contribution in [0.25, 0.3) is 0 Å². The third-order valence-electron chi connectivity index (χ3n) is 4.86. The lowest BCUT2D eigenvalue weighted by Crippen LogP contribution is -2.40. The lowest BCUT2D eigenvalue weighted by Gasteiger charge is -2.17. The van der Waals surface area contributed by atoms with Gasteiger partial charge in [0, 0.05) is 18.8 Å². The molecule has 120 valence electrons. The maximum absolute atomic E-state index is 12.2.